The molecule has 0 bridgehead atoms. The van der Waals surface area contributed by atoms with E-state index in [1.165, 1.54) is 0 Å². The average Bonchev–Trinajstić information content (AvgIpc) is 2.64. The Morgan fingerprint density at radius 1 is 0.625 bits per heavy atom. The van der Waals surface area contributed by atoms with Crippen molar-refractivity contribution in [3.8, 4) is 0 Å². The van der Waals surface area contributed by atoms with Gasteiger partial charge in [-0.2, -0.15) is 0 Å². The molecule has 0 aromatic heterocycles. The standard InChI is InChI=1S/C6F12O2.C3H7.Bi/c7-3(8,9)1(19,4(10,11)12)2(20,5(13,14)15)6(16,17)18;1-3-2;/h;1,3H2,2H3;/q-2;;+2. The van der Waals surface area contributed by atoms with E-state index in [4.69, 9.17) is 0 Å². The van der Waals surface area contributed by atoms with Gasteiger partial charge in [-0.1, -0.05) is 0 Å². The Bertz CT molecular complexity index is 393. The first-order valence-electron chi connectivity index (χ1n) is 5.81. The molecule has 1 aliphatic rings. The molecule has 0 atom stereocenters. The molecule has 1 saturated heterocycles. The van der Waals surface area contributed by atoms with Gasteiger partial charge in [0, 0.05) is 0 Å². The zero-order chi connectivity index (χ0) is 19.4. The Morgan fingerprint density at radius 2 is 0.875 bits per heavy atom. The van der Waals surface area contributed by atoms with Crippen LogP contribution in [0.4, 0.5) is 52.7 Å². The first-order valence-corrected chi connectivity index (χ1v) is 11.1. The van der Waals surface area contributed by atoms with E-state index in [-0.39, 0.29) is 6.42 Å². The third-order valence-electron chi connectivity index (χ3n) is 2.98. The molecule has 24 heavy (non-hydrogen) atoms. The second kappa shape index (κ2) is 6.00. The second-order valence-corrected chi connectivity index (χ2v) is 10.3. The van der Waals surface area contributed by atoms with Gasteiger partial charge >= 0.3 is 134 Å². The summed E-state index contributed by atoms with van der Waals surface area (Å²) in [5.74, 6) is 0. The molecule has 2 nitrogen and oxygen atoms in total. The van der Waals surface area contributed by atoms with E-state index in [1.54, 1.807) is 0 Å². The second-order valence-electron chi connectivity index (χ2n) is 4.59. The summed E-state index contributed by atoms with van der Waals surface area (Å²) >= 11 is -5.36. The number of hydrogen-bond acceptors (Lipinski definition) is 2. The zero-order valence-corrected chi connectivity index (χ0v) is 14.7. The van der Waals surface area contributed by atoms with Crippen molar-refractivity contribution in [2.75, 3.05) is 0 Å². The van der Waals surface area contributed by atoms with E-state index in [0.717, 1.165) is 6.92 Å². The van der Waals surface area contributed by atoms with Crippen LogP contribution in [0.2, 0.25) is 4.13 Å². The molecule has 0 aromatic carbocycles. The van der Waals surface area contributed by atoms with Crippen LogP contribution in [0, 0.1) is 0 Å². The van der Waals surface area contributed by atoms with Gasteiger partial charge in [-0.25, -0.2) is 0 Å². The first kappa shape index (κ1) is 22.0. The monoisotopic (exact) mass is 584 g/mol. The van der Waals surface area contributed by atoms with Crippen molar-refractivity contribution in [2.24, 2.45) is 0 Å². The number of rotatable bonds is 2. The van der Waals surface area contributed by atoms with E-state index in [9.17, 15) is 52.7 Å². The molecule has 1 aliphatic heterocycles. The predicted molar refractivity (Wildman–Crippen MR) is 52.7 cm³/mol. The van der Waals surface area contributed by atoms with E-state index in [1.807, 2.05) is 0 Å². The maximum absolute atomic E-state index is 13.0. The first-order chi connectivity index (χ1) is 10.4. The normalized spacial score (nSPS) is 22.9. The van der Waals surface area contributed by atoms with E-state index in [0.29, 0.717) is 0 Å². The summed E-state index contributed by atoms with van der Waals surface area (Å²) in [5.41, 5.74) is -13.1. The summed E-state index contributed by atoms with van der Waals surface area (Å²) < 4.78 is 162. The van der Waals surface area contributed by atoms with Crippen molar-refractivity contribution < 1.29 is 58.3 Å². The Morgan fingerprint density at radius 3 is 1.04 bits per heavy atom. The quantitative estimate of drug-likeness (QED) is 0.348. The van der Waals surface area contributed by atoms with Gasteiger partial charge in [-0.3, -0.25) is 0 Å². The molecule has 0 unspecified atom stereocenters. The molecule has 15 heteroatoms. The van der Waals surface area contributed by atoms with E-state index >= 15 is 0 Å². The minimum atomic E-state index is -7.08. The van der Waals surface area contributed by atoms with Gasteiger partial charge in [-0.05, 0) is 0 Å². The van der Waals surface area contributed by atoms with Crippen LogP contribution in [0.5, 0.6) is 0 Å². The van der Waals surface area contributed by atoms with Crippen LogP contribution in [0.3, 0.4) is 0 Å². The summed E-state index contributed by atoms with van der Waals surface area (Å²) in [5, 5.41) is 0. The predicted octanol–water partition coefficient (Wildman–Crippen LogP) is 4.66. The summed E-state index contributed by atoms with van der Waals surface area (Å²) in [6.45, 7) is 1.13. The fraction of sp³-hybridized carbons (Fsp3) is 1.00. The molecule has 1 heterocycles. The number of hydrogen-bond donors (Lipinski definition) is 0. The van der Waals surface area contributed by atoms with Crippen LogP contribution >= 0.6 is 0 Å². The van der Waals surface area contributed by atoms with E-state index < -0.39 is 62.7 Å². The zero-order valence-electron chi connectivity index (χ0n) is 11.2. The van der Waals surface area contributed by atoms with Crippen molar-refractivity contribution in [1.82, 2.24) is 0 Å². The van der Waals surface area contributed by atoms with Crippen LogP contribution in [-0.4, -0.2) is 58.5 Å². The van der Waals surface area contributed by atoms with E-state index in [2.05, 4.69) is 5.63 Å². The molecule has 144 valence electrons. The molecule has 0 aromatic rings. The van der Waals surface area contributed by atoms with Crippen LogP contribution in [0.1, 0.15) is 13.3 Å². The topological polar surface area (TPSA) is 18.5 Å². The van der Waals surface area contributed by atoms with Gasteiger partial charge in [0.05, 0.1) is 0 Å². The molecule has 0 spiro atoms. The Hall–Kier alpha value is -0.0369. The third kappa shape index (κ3) is 2.87. The average molecular weight is 584 g/mol. The van der Waals surface area contributed by atoms with Gasteiger partial charge in [0.25, 0.3) is 0 Å². The fourth-order valence-corrected chi connectivity index (χ4v) is 9.31. The Balaban J connectivity index is 3.91. The molecule has 0 radical (unpaired) electrons. The molecule has 0 aliphatic carbocycles. The van der Waals surface area contributed by atoms with Crippen molar-refractivity contribution in [1.29, 1.82) is 0 Å². The fourth-order valence-electron chi connectivity index (χ4n) is 2.05. The van der Waals surface area contributed by atoms with Crippen molar-refractivity contribution >= 4 is 22.6 Å². The van der Waals surface area contributed by atoms with Gasteiger partial charge in [0.1, 0.15) is 0 Å². The van der Waals surface area contributed by atoms with Crippen molar-refractivity contribution in [3.63, 3.8) is 0 Å². The van der Waals surface area contributed by atoms with Crippen LogP contribution in [-0.2, 0) is 5.63 Å². The molecular weight excluding hydrogens is 577 g/mol. The maximum atomic E-state index is 13.0. The minimum absolute atomic E-state index is 0.310. The molecule has 1 rings (SSSR count). The van der Waals surface area contributed by atoms with Crippen LogP contribution < -0.4 is 0 Å². The molecule has 0 saturated carbocycles. The molecular formula is C9H7BiF12O2. The Labute approximate surface area is 135 Å². The SMILES string of the molecule is CC[CH2][Bi]1[O]C(C(F)(F)F)(C(F)(F)F)C(C(F)(F)F)(C(F)(F)F)[O]1. The molecule has 0 N–H and O–H groups in total. The summed E-state index contributed by atoms with van der Waals surface area (Å²) in [4.78, 5) is 0. The van der Waals surface area contributed by atoms with Crippen LogP contribution in [0.25, 0.3) is 0 Å². The van der Waals surface area contributed by atoms with Gasteiger partial charge in [-0.15, -0.1) is 0 Å². The summed E-state index contributed by atoms with van der Waals surface area (Å²) in [6.07, 6.45) is -28.6. The molecule has 0 amide bonds. The summed E-state index contributed by atoms with van der Waals surface area (Å²) in [6, 6.07) is 0. The van der Waals surface area contributed by atoms with Gasteiger partial charge < -0.3 is 0 Å². The number of halogens is 12. The third-order valence-corrected chi connectivity index (χ3v) is 9.85. The van der Waals surface area contributed by atoms with Gasteiger partial charge in [0.15, 0.2) is 0 Å². The van der Waals surface area contributed by atoms with Crippen molar-refractivity contribution in [2.45, 2.75) is 53.4 Å². The van der Waals surface area contributed by atoms with Crippen molar-refractivity contribution in [3.05, 3.63) is 0 Å². The molecule has 1 fully saturated rings. The van der Waals surface area contributed by atoms with Gasteiger partial charge in [0.2, 0.25) is 0 Å². The Kier molecular flexibility index (Phi) is 5.50. The summed E-state index contributed by atoms with van der Waals surface area (Å²) in [7, 11) is 0. The number of alkyl halides is 12. The van der Waals surface area contributed by atoms with Crippen LogP contribution in [0.15, 0.2) is 0 Å².